The molecular weight excluding hydrogens is 539 g/mol. The van der Waals surface area contributed by atoms with E-state index in [1.807, 2.05) is 6.07 Å². The number of esters is 1. The van der Waals surface area contributed by atoms with Crippen molar-refractivity contribution in [2.75, 3.05) is 33.3 Å². The fourth-order valence-corrected chi connectivity index (χ4v) is 5.54. The maximum atomic E-state index is 13.7. The van der Waals surface area contributed by atoms with Crippen LogP contribution >= 0.6 is 11.6 Å². The van der Waals surface area contributed by atoms with Crippen LogP contribution in [-0.2, 0) is 20.7 Å². The van der Waals surface area contributed by atoms with Gasteiger partial charge in [0.15, 0.2) is 0 Å². The number of nitrogens with one attached hydrogen (secondary N) is 2. The van der Waals surface area contributed by atoms with Gasteiger partial charge in [0, 0.05) is 48.7 Å². The molecule has 212 valence electrons. The first-order valence-corrected chi connectivity index (χ1v) is 13.4. The van der Waals surface area contributed by atoms with Crippen molar-refractivity contribution in [2.24, 2.45) is 5.92 Å². The van der Waals surface area contributed by atoms with Crippen LogP contribution in [0.5, 0.6) is 0 Å². The number of amides is 1. The summed E-state index contributed by atoms with van der Waals surface area (Å²) in [5.74, 6) is -2.02. The predicted octanol–water partition coefficient (Wildman–Crippen LogP) is 4.48. The third-order valence-corrected chi connectivity index (χ3v) is 7.75. The Morgan fingerprint density at radius 1 is 1.20 bits per heavy atom. The largest absolute Gasteiger partial charge is 0.466 e. The van der Waals surface area contributed by atoms with Crippen LogP contribution < -0.4 is 10.6 Å². The summed E-state index contributed by atoms with van der Waals surface area (Å²) in [6, 6.07) is 10.8. The highest BCUT2D eigenvalue weighted by molar-refractivity contribution is 6.30. The smallest absolute Gasteiger partial charge is 0.336 e. The van der Waals surface area contributed by atoms with Crippen LogP contribution in [0.25, 0.3) is 0 Å². The number of benzene rings is 2. The molecule has 0 bridgehead atoms. The lowest BCUT2D eigenvalue weighted by Gasteiger charge is -2.31. The predicted molar refractivity (Wildman–Crippen MR) is 149 cm³/mol. The summed E-state index contributed by atoms with van der Waals surface area (Å²) in [6.45, 7) is 6.30. The van der Waals surface area contributed by atoms with Gasteiger partial charge in [-0.15, -0.1) is 0 Å². The van der Waals surface area contributed by atoms with Gasteiger partial charge in [0.2, 0.25) is 5.91 Å². The summed E-state index contributed by atoms with van der Waals surface area (Å²) >= 11 is 5.77. The molecular formula is C29H32ClFN4O5. The summed E-state index contributed by atoms with van der Waals surface area (Å²) in [6.07, 6.45) is 1.59. The summed E-state index contributed by atoms with van der Waals surface area (Å²) in [5, 5.41) is 17.7. The number of hydrogen-bond acceptors (Lipinski definition) is 7. The monoisotopic (exact) mass is 570 g/mol. The molecule has 1 fully saturated rings. The fraction of sp³-hybridized carbons (Fsp3) is 0.379. The van der Waals surface area contributed by atoms with E-state index >= 15 is 0 Å². The first-order chi connectivity index (χ1) is 19.1. The van der Waals surface area contributed by atoms with Crippen molar-refractivity contribution in [1.29, 1.82) is 0 Å². The van der Waals surface area contributed by atoms with Gasteiger partial charge < -0.3 is 20.3 Å². The summed E-state index contributed by atoms with van der Waals surface area (Å²) in [5.41, 5.74) is 2.80. The second-order valence-electron chi connectivity index (χ2n) is 10.1. The number of nitro groups is 1. The van der Waals surface area contributed by atoms with Crippen molar-refractivity contribution >= 4 is 29.2 Å². The van der Waals surface area contributed by atoms with Crippen molar-refractivity contribution < 1.29 is 23.6 Å². The Morgan fingerprint density at radius 2 is 1.95 bits per heavy atom. The molecule has 2 N–H and O–H groups in total. The summed E-state index contributed by atoms with van der Waals surface area (Å²) < 4.78 is 18.8. The van der Waals surface area contributed by atoms with Crippen LogP contribution in [0.3, 0.4) is 0 Å². The van der Waals surface area contributed by atoms with E-state index in [-0.39, 0.29) is 28.1 Å². The quantitative estimate of drug-likeness (QED) is 0.260. The molecule has 1 unspecified atom stereocenters. The molecule has 1 amide bonds. The maximum Gasteiger partial charge on any atom is 0.336 e. The first-order valence-electron chi connectivity index (χ1n) is 13.0. The second-order valence-corrected chi connectivity index (χ2v) is 10.6. The number of allylic oxidation sites excluding steroid dienone is 2. The number of likely N-dealkylation sites (tertiary alicyclic amines) is 1. The molecule has 0 spiro atoms. The number of non-ortho nitro benzene ring substituents is 1. The van der Waals surface area contributed by atoms with Crippen LogP contribution in [0.15, 0.2) is 65.0 Å². The van der Waals surface area contributed by atoms with Crippen LogP contribution in [0, 0.1) is 21.8 Å². The molecule has 9 nitrogen and oxygen atoms in total. The molecule has 2 aromatic rings. The zero-order valence-electron chi connectivity index (χ0n) is 22.6. The third-order valence-electron chi connectivity index (χ3n) is 7.45. The van der Waals surface area contributed by atoms with Crippen molar-refractivity contribution in [2.45, 2.75) is 32.6 Å². The van der Waals surface area contributed by atoms with Crippen LogP contribution in [-0.4, -0.2) is 55.0 Å². The second kappa shape index (κ2) is 12.6. The van der Waals surface area contributed by atoms with Crippen LogP contribution in [0.4, 0.5) is 10.1 Å². The van der Waals surface area contributed by atoms with Gasteiger partial charge in [-0.25, -0.2) is 9.18 Å². The number of nitro benzene ring substituents is 1. The van der Waals surface area contributed by atoms with Crippen molar-refractivity contribution in [1.82, 2.24) is 15.5 Å². The van der Waals surface area contributed by atoms with Crippen LogP contribution in [0.1, 0.15) is 37.3 Å². The number of hydrogen-bond donors (Lipinski definition) is 2. The minimum Gasteiger partial charge on any atom is -0.466 e. The van der Waals surface area contributed by atoms with E-state index in [0.717, 1.165) is 31.6 Å². The average Bonchev–Trinajstić information content (AvgIpc) is 3.39. The van der Waals surface area contributed by atoms with Gasteiger partial charge in [-0.2, -0.15) is 0 Å². The minimum atomic E-state index is -0.839. The van der Waals surface area contributed by atoms with Gasteiger partial charge in [0.1, 0.15) is 5.82 Å². The number of nitrogens with zero attached hydrogens (tertiary/aromatic N) is 2. The molecule has 0 aliphatic carbocycles. The lowest BCUT2D eigenvalue weighted by Crippen LogP contribution is -2.38. The zero-order chi connectivity index (χ0) is 29.0. The number of dihydropyridines is 1. The Kier molecular flexibility index (Phi) is 9.21. The highest BCUT2D eigenvalue weighted by Gasteiger charge is 2.37. The van der Waals surface area contributed by atoms with Gasteiger partial charge in [0.25, 0.3) is 5.69 Å². The van der Waals surface area contributed by atoms with Crippen molar-refractivity contribution in [3.63, 3.8) is 0 Å². The topological polar surface area (TPSA) is 114 Å². The maximum absolute atomic E-state index is 13.7. The Bertz CT molecular complexity index is 1390. The molecule has 2 aromatic carbocycles. The van der Waals surface area contributed by atoms with E-state index in [0.29, 0.717) is 35.5 Å². The molecule has 11 heteroatoms. The first kappa shape index (κ1) is 29.2. The Morgan fingerprint density at radius 3 is 2.65 bits per heavy atom. The zero-order valence-corrected chi connectivity index (χ0v) is 23.4. The summed E-state index contributed by atoms with van der Waals surface area (Å²) in [7, 11) is 1.26. The third kappa shape index (κ3) is 6.51. The molecule has 40 heavy (non-hydrogen) atoms. The van der Waals surface area contributed by atoms with Gasteiger partial charge in [-0.05, 0) is 62.4 Å². The number of ether oxygens (including phenoxy) is 1. The van der Waals surface area contributed by atoms with E-state index in [9.17, 15) is 24.1 Å². The average molecular weight is 571 g/mol. The number of methoxy groups -OCH3 is 1. The van der Waals surface area contributed by atoms with Gasteiger partial charge in [0.05, 0.1) is 28.5 Å². The molecule has 0 aromatic heterocycles. The van der Waals surface area contributed by atoms with Gasteiger partial charge in [-0.3, -0.25) is 14.9 Å². The highest BCUT2D eigenvalue weighted by Crippen LogP contribution is 2.39. The van der Waals surface area contributed by atoms with Gasteiger partial charge >= 0.3 is 5.97 Å². The Labute approximate surface area is 237 Å². The van der Waals surface area contributed by atoms with Crippen molar-refractivity contribution in [3.8, 4) is 0 Å². The van der Waals surface area contributed by atoms with E-state index in [2.05, 4.69) is 15.5 Å². The molecule has 0 saturated carbocycles. The molecule has 2 heterocycles. The summed E-state index contributed by atoms with van der Waals surface area (Å²) in [4.78, 5) is 39.6. The van der Waals surface area contributed by atoms with Crippen LogP contribution in [0.2, 0.25) is 5.02 Å². The normalized spacial score (nSPS) is 19.4. The Hall–Kier alpha value is -3.76. The number of halogens is 2. The Balaban J connectivity index is 1.46. The molecule has 2 aliphatic heterocycles. The SMILES string of the molecule is COC(=O)C1=C(C)NC(C)=C(C(=O)NC[C@H]2CCN(CCc3ccc(Cl)c(F)c3)C2)C1c1cccc([N+](=O)[O-])c1. The minimum absolute atomic E-state index is 0.108. The van der Waals surface area contributed by atoms with E-state index in [4.69, 9.17) is 16.3 Å². The fourth-order valence-electron chi connectivity index (χ4n) is 5.42. The van der Waals surface area contributed by atoms with E-state index in [1.165, 1.54) is 31.4 Å². The molecule has 2 atom stereocenters. The van der Waals surface area contributed by atoms with E-state index in [1.54, 1.807) is 26.0 Å². The number of carbonyl (C=O) groups excluding carboxylic acids is 2. The van der Waals surface area contributed by atoms with Crippen molar-refractivity contribution in [3.05, 3.63) is 97.1 Å². The highest BCUT2D eigenvalue weighted by atomic mass is 35.5. The number of rotatable bonds is 9. The standard InChI is InChI=1S/C29H32ClFN4O5/c1-17-25(27(26(18(2)33-17)29(37)40-3)21-5-4-6-22(14-21)35(38)39)28(36)32-15-20-10-12-34(16-20)11-9-19-7-8-23(30)24(31)13-19/h4-8,13-14,20,27,33H,9-12,15-16H2,1-3H3,(H,32,36)/t20-,27?/m1/s1. The van der Waals surface area contributed by atoms with E-state index < -0.39 is 22.6 Å². The lowest BCUT2D eigenvalue weighted by atomic mass is 9.80. The van der Waals surface area contributed by atoms with Gasteiger partial charge in [-0.1, -0.05) is 29.8 Å². The lowest BCUT2D eigenvalue weighted by molar-refractivity contribution is -0.384. The molecule has 1 saturated heterocycles. The molecule has 2 aliphatic rings. The molecule has 0 radical (unpaired) electrons. The molecule has 4 rings (SSSR count). The number of carbonyl (C=O) groups is 2.